The molecule has 0 aliphatic carbocycles. The van der Waals surface area contributed by atoms with Crippen LogP contribution in [-0.4, -0.2) is 44.2 Å². The van der Waals surface area contributed by atoms with Crippen LogP contribution in [0.1, 0.15) is 33.1 Å². The summed E-state index contributed by atoms with van der Waals surface area (Å²) in [6.45, 7) is 6.80. The highest BCUT2D eigenvalue weighted by molar-refractivity contribution is 7.89. The Morgan fingerprint density at radius 1 is 1.27 bits per heavy atom. The van der Waals surface area contributed by atoms with E-state index in [4.69, 9.17) is 0 Å². The first-order valence-electron chi connectivity index (χ1n) is 5.82. The van der Waals surface area contributed by atoms with Crippen LogP contribution in [0.5, 0.6) is 0 Å². The average molecular weight is 234 g/mol. The van der Waals surface area contributed by atoms with Crippen molar-refractivity contribution in [3.63, 3.8) is 0 Å². The molecule has 0 bridgehead atoms. The highest BCUT2D eigenvalue weighted by Crippen LogP contribution is 2.16. The van der Waals surface area contributed by atoms with Crippen molar-refractivity contribution in [2.24, 2.45) is 0 Å². The molecule has 0 aromatic rings. The molecule has 1 unspecified atom stereocenters. The second-order valence-electron chi connectivity index (χ2n) is 4.06. The van der Waals surface area contributed by atoms with Gasteiger partial charge in [-0.15, -0.1) is 0 Å². The standard InChI is InChI=1S/C10H22N2O2S/c1-3-7-12(8-4-2)15(13,14)10-5-6-11-9-10/h10-11H,3-9H2,1-2H3. The maximum Gasteiger partial charge on any atom is 0.218 e. The highest BCUT2D eigenvalue weighted by Gasteiger charge is 2.32. The summed E-state index contributed by atoms with van der Waals surface area (Å²) < 4.78 is 26.1. The van der Waals surface area contributed by atoms with E-state index in [1.807, 2.05) is 13.8 Å². The van der Waals surface area contributed by atoms with Crippen molar-refractivity contribution in [2.75, 3.05) is 26.2 Å². The van der Waals surface area contributed by atoms with Gasteiger partial charge in [-0.2, -0.15) is 0 Å². The van der Waals surface area contributed by atoms with Gasteiger partial charge in [0, 0.05) is 19.6 Å². The normalized spacial score (nSPS) is 22.5. The zero-order valence-corrected chi connectivity index (χ0v) is 10.5. The first-order chi connectivity index (χ1) is 7.12. The van der Waals surface area contributed by atoms with Crippen molar-refractivity contribution in [2.45, 2.75) is 38.4 Å². The third kappa shape index (κ3) is 3.16. The molecule has 1 rings (SSSR count). The molecule has 0 radical (unpaired) electrons. The number of rotatable bonds is 6. The van der Waals surface area contributed by atoms with Crippen molar-refractivity contribution in [3.05, 3.63) is 0 Å². The molecule has 0 saturated carbocycles. The van der Waals surface area contributed by atoms with E-state index in [1.54, 1.807) is 4.31 Å². The minimum Gasteiger partial charge on any atom is -0.315 e. The van der Waals surface area contributed by atoms with E-state index >= 15 is 0 Å². The van der Waals surface area contributed by atoms with E-state index in [9.17, 15) is 8.42 Å². The van der Waals surface area contributed by atoms with Crippen LogP contribution in [0.3, 0.4) is 0 Å². The van der Waals surface area contributed by atoms with Crippen LogP contribution in [0, 0.1) is 0 Å². The SMILES string of the molecule is CCCN(CCC)S(=O)(=O)C1CCNC1. The van der Waals surface area contributed by atoms with Gasteiger partial charge in [0.25, 0.3) is 0 Å². The number of hydrogen-bond donors (Lipinski definition) is 1. The van der Waals surface area contributed by atoms with Gasteiger partial charge < -0.3 is 5.32 Å². The predicted octanol–water partition coefficient (Wildman–Crippen LogP) is 0.800. The summed E-state index contributed by atoms with van der Waals surface area (Å²) >= 11 is 0. The quantitative estimate of drug-likeness (QED) is 0.739. The van der Waals surface area contributed by atoms with Crippen LogP contribution in [0.2, 0.25) is 0 Å². The molecule has 1 N–H and O–H groups in total. The lowest BCUT2D eigenvalue weighted by atomic mass is 10.4. The van der Waals surface area contributed by atoms with E-state index in [-0.39, 0.29) is 5.25 Å². The lowest BCUT2D eigenvalue weighted by Gasteiger charge is -2.24. The number of sulfonamides is 1. The summed E-state index contributed by atoms with van der Waals surface area (Å²) in [5.74, 6) is 0. The maximum absolute atomic E-state index is 12.2. The van der Waals surface area contributed by atoms with Crippen molar-refractivity contribution in [1.29, 1.82) is 0 Å². The van der Waals surface area contributed by atoms with Gasteiger partial charge in [0.1, 0.15) is 0 Å². The largest absolute Gasteiger partial charge is 0.315 e. The van der Waals surface area contributed by atoms with Gasteiger partial charge in [-0.25, -0.2) is 12.7 Å². The lowest BCUT2D eigenvalue weighted by molar-refractivity contribution is 0.403. The molecule has 5 heteroatoms. The molecule has 0 spiro atoms. The van der Waals surface area contributed by atoms with Gasteiger partial charge in [-0.1, -0.05) is 13.8 Å². The fourth-order valence-corrected chi connectivity index (χ4v) is 4.00. The number of nitrogens with one attached hydrogen (secondary N) is 1. The van der Waals surface area contributed by atoms with Crippen LogP contribution < -0.4 is 5.32 Å². The number of hydrogen-bond acceptors (Lipinski definition) is 3. The van der Waals surface area contributed by atoms with Gasteiger partial charge in [-0.3, -0.25) is 0 Å². The Balaban J connectivity index is 2.70. The molecular formula is C10H22N2O2S. The molecule has 15 heavy (non-hydrogen) atoms. The maximum atomic E-state index is 12.2. The molecule has 1 saturated heterocycles. The zero-order valence-electron chi connectivity index (χ0n) is 9.70. The second-order valence-corrected chi connectivity index (χ2v) is 6.27. The Morgan fingerprint density at radius 3 is 2.27 bits per heavy atom. The Morgan fingerprint density at radius 2 is 1.87 bits per heavy atom. The smallest absolute Gasteiger partial charge is 0.218 e. The zero-order chi connectivity index (χ0) is 11.3. The number of nitrogens with zero attached hydrogens (tertiary/aromatic N) is 1. The third-order valence-corrected chi connectivity index (χ3v) is 5.07. The van der Waals surface area contributed by atoms with Crippen molar-refractivity contribution < 1.29 is 8.42 Å². The van der Waals surface area contributed by atoms with Gasteiger partial charge in [-0.05, 0) is 25.8 Å². The molecular weight excluding hydrogens is 212 g/mol. The molecule has 90 valence electrons. The van der Waals surface area contributed by atoms with E-state index in [0.717, 1.165) is 25.8 Å². The van der Waals surface area contributed by atoms with Gasteiger partial charge in [0.05, 0.1) is 5.25 Å². The summed E-state index contributed by atoms with van der Waals surface area (Å²) in [5.41, 5.74) is 0. The summed E-state index contributed by atoms with van der Waals surface area (Å²) in [6, 6.07) is 0. The fraction of sp³-hybridized carbons (Fsp3) is 1.00. The molecule has 1 fully saturated rings. The monoisotopic (exact) mass is 234 g/mol. The molecule has 4 nitrogen and oxygen atoms in total. The second kappa shape index (κ2) is 5.82. The first kappa shape index (κ1) is 12.9. The van der Waals surface area contributed by atoms with Gasteiger partial charge >= 0.3 is 0 Å². The van der Waals surface area contributed by atoms with Gasteiger partial charge in [0.15, 0.2) is 0 Å². The average Bonchev–Trinajstić information content (AvgIpc) is 2.70. The topological polar surface area (TPSA) is 49.4 Å². The third-order valence-electron chi connectivity index (χ3n) is 2.74. The first-order valence-corrected chi connectivity index (χ1v) is 7.33. The van der Waals surface area contributed by atoms with Crippen LogP contribution in [0.4, 0.5) is 0 Å². The minimum atomic E-state index is -3.05. The Labute approximate surface area is 93.1 Å². The summed E-state index contributed by atoms with van der Waals surface area (Å²) in [4.78, 5) is 0. The van der Waals surface area contributed by atoms with Crippen molar-refractivity contribution >= 4 is 10.0 Å². The van der Waals surface area contributed by atoms with E-state index in [0.29, 0.717) is 19.6 Å². The highest BCUT2D eigenvalue weighted by atomic mass is 32.2. The van der Waals surface area contributed by atoms with E-state index < -0.39 is 10.0 Å². The van der Waals surface area contributed by atoms with Crippen LogP contribution >= 0.6 is 0 Å². The Bertz CT molecular complexity index is 265. The minimum absolute atomic E-state index is 0.199. The molecule has 0 aromatic heterocycles. The molecule has 0 amide bonds. The molecule has 1 aliphatic heterocycles. The van der Waals surface area contributed by atoms with Crippen molar-refractivity contribution in [1.82, 2.24) is 9.62 Å². The summed E-state index contributed by atoms with van der Waals surface area (Å²) in [7, 11) is -3.05. The van der Waals surface area contributed by atoms with Crippen molar-refractivity contribution in [3.8, 4) is 0 Å². The van der Waals surface area contributed by atoms with E-state index in [2.05, 4.69) is 5.32 Å². The van der Waals surface area contributed by atoms with Crippen LogP contribution in [0.25, 0.3) is 0 Å². The van der Waals surface area contributed by atoms with Crippen LogP contribution in [0.15, 0.2) is 0 Å². The summed E-state index contributed by atoms with van der Waals surface area (Å²) in [6.07, 6.45) is 2.53. The van der Waals surface area contributed by atoms with Gasteiger partial charge in [0.2, 0.25) is 10.0 Å². The van der Waals surface area contributed by atoms with E-state index in [1.165, 1.54) is 0 Å². The molecule has 1 aliphatic rings. The Kier molecular flexibility index (Phi) is 5.02. The predicted molar refractivity (Wildman–Crippen MR) is 62.3 cm³/mol. The molecule has 1 heterocycles. The molecule has 1 atom stereocenters. The summed E-state index contributed by atoms with van der Waals surface area (Å²) in [5, 5.41) is 2.91. The Hall–Kier alpha value is -0.130. The lowest BCUT2D eigenvalue weighted by Crippen LogP contribution is -2.40. The fourth-order valence-electron chi connectivity index (χ4n) is 1.96. The molecule has 0 aromatic carbocycles. The van der Waals surface area contributed by atoms with Crippen LogP contribution in [-0.2, 0) is 10.0 Å².